The van der Waals surface area contributed by atoms with E-state index in [0.29, 0.717) is 33.8 Å². The first kappa shape index (κ1) is 18.3. The van der Waals surface area contributed by atoms with Crippen molar-refractivity contribution in [2.75, 3.05) is 11.4 Å². The van der Waals surface area contributed by atoms with E-state index >= 15 is 0 Å². The van der Waals surface area contributed by atoms with Crippen LogP contribution in [0.3, 0.4) is 0 Å². The van der Waals surface area contributed by atoms with E-state index in [1.54, 1.807) is 36.1 Å². The molecule has 1 saturated heterocycles. The second-order valence-electron chi connectivity index (χ2n) is 6.43. The van der Waals surface area contributed by atoms with Crippen LogP contribution in [0.1, 0.15) is 13.3 Å². The van der Waals surface area contributed by atoms with Crippen LogP contribution in [0.5, 0.6) is 0 Å². The maximum Gasteiger partial charge on any atom is 0.247 e. The number of rotatable bonds is 4. The maximum atomic E-state index is 13.1. The molecule has 1 fully saturated rings. The largest absolute Gasteiger partial charge is 0.286 e. The Kier molecular flexibility index (Phi) is 4.84. The molecule has 138 valence electrons. The van der Waals surface area contributed by atoms with E-state index in [-0.39, 0.29) is 5.91 Å². The van der Waals surface area contributed by atoms with Crippen molar-refractivity contribution in [1.82, 2.24) is 9.36 Å². The van der Waals surface area contributed by atoms with Gasteiger partial charge >= 0.3 is 0 Å². The molecular formula is C19H16ClN3O2S2. The molecule has 3 aromatic rings. The summed E-state index contributed by atoms with van der Waals surface area (Å²) in [7, 11) is -1.48. The summed E-state index contributed by atoms with van der Waals surface area (Å²) in [5.41, 5.74) is 0.902. The van der Waals surface area contributed by atoms with E-state index in [2.05, 4.69) is 9.36 Å². The lowest BCUT2D eigenvalue weighted by Gasteiger charge is -2.21. The van der Waals surface area contributed by atoms with Crippen LogP contribution >= 0.6 is 23.1 Å². The number of anilines is 1. The minimum absolute atomic E-state index is 0.188. The van der Waals surface area contributed by atoms with Gasteiger partial charge in [0.25, 0.3) is 0 Å². The van der Waals surface area contributed by atoms with Crippen molar-refractivity contribution < 1.29 is 9.00 Å². The first-order chi connectivity index (χ1) is 13.0. The van der Waals surface area contributed by atoms with E-state index in [1.165, 1.54) is 11.5 Å². The summed E-state index contributed by atoms with van der Waals surface area (Å²) in [4.78, 5) is 19.8. The molecular weight excluding hydrogens is 402 g/mol. The standard InChI is InChI=1S/C19H16ClN3O2S2/c1-19(27(25)15-9-7-14(20)8-10-15)11-12-23(17(19)24)18-21-16(22-26-18)13-5-3-2-4-6-13/h2-10H,11-12H2,1H3. The van der Waals surface area contributed by atoms with E-state index < -0.39 is 15.5 Å². The van der Waals surface area contributed by atoms with Crippen LogP contribution in [0.4, 0.5) is 5.13 Å². The topological polar surface area (TPSA) is 63.2 Å². The molecule has 2 atom stereocenters. The number of halogens is 1. The van der Waals surface area contributed by atoms with Crippen molar-refractivity contribution in [2.45, 2.75) is 23.0 Å². The fraction of sp³-hybridized carbons (Fsp3) is 0.211. The van der Waals surface area contributed by atoms with Gasteiger partial charge in [-0.25, -0.2) is 0 Å². The van der Waals surface area contributed by atoms with Crippen LogP contribution in [0.25, 0.3) is 11.4 Å². The molecule has 4 rings (SSSR count). The van der Waals surface area contributed by atoms with Gasteiger partial charge in [-0.2, -0.15) is 9.36 Å². The Labute approximate surface area is 168 Å². The molecule has 2 aromatic carbocycles. The van der Waals surface area contributed by atoms with Crippen molar-refractivity contribution in [2.24, 2.45) is 0 Å². The maximum absolute atomic E-state index is 13.1. The zero-order valence-electron chi connectivity index (χ0n) is 14.5. The molecule has 8 heteroatoms. The lowest BCUT2D eigenvalue weighted by atomic mass is 10.1. The highest BCUT2D eigenvalue weighted by Gasteiger charge is 2.49. The second-order valence-corrected chi connectivity index (χ2v) is 9.50. The fourth-order valence-corrected chi connectivity index (χ4v) is 5.31. The number of benzene rings is 2. The van der Waals surface area contributed by atoms with Crippen LogP contribution < -0.4 is 4.90 Å². The highest BCUT2D eigenvalue weighted by Crippen LogP contribution is 2.36. The summed E-state index contributed by atoms with van der Waals surface area (Å²) >= 11 is 7.09. The van der Waals surface area contributed by atoms with Gasteiger partial charge in [0.1, 0.15) is 4.75 Å². The molecule has 1 aliphatic rings. The molecule has 1 amide bonds. The van der Waals surface area contributed by atoms with Gasteiger partial charge in [0.15, 0.2) is 5.82 Å². The SMILES string of the molecule is CC1(S(=O)c2ccc(Cl)cc2)CCN(c2nc(-c3ccccc3)ns2)C1=O. The van der Waals surface area contributed by atoms with Gasteiger partial charge in [-0.3, -0.25) is 13.9 Å². The Morgan fingerprint density at radius 2 is 1.85 bits per heavy atom. The van der Waals surface area contributed by atoms with Crippen LogP contribution in [0.15, 0.2) is 59.5 Å². The van der Waals surface area contributed by atoms with Gasteiger partial charge in [-0.15, -0.1) is 0 Å². The highest BCUT2D eigenvalue weighted by atomic mass is 35.5. The summed E-state index contributed by atoms with van der Waals surface area (Å²) in [5.74, 6) is 0.405. The second kappa shape index (κ2) is 7.14. The molecule has 2 unspecified atom stereocenters. The molecule has 2 heterocycles. The average Bonchev–Trinajstić information content (AvgIpc) is 3.29. The lowest BCUT2D eigenvalue weighted by molar-refractivity contribution is -0.118. The normalized spacial score (nSPS) is 20.8. The summed E-state index contributed by atoms with van der Waals surface area (Å²) in [6, 6.07) is 16.4. The molecule has 0 bridgehead atoms. The molecule has 1 aromatic heterocycles. The molecule has 0 N–H and O–H groups in total. The van der Waals surface area contributed by atoms with Gasteiger partial charge in [-0.05, 0) is 37.6 Å². The fourth-order valence-electron chi connectivity index (χ4n) is 3.02. The van der Waals surface area contributed by atoms with Crippen molar-refractivity contribution in [3.8, 4) is 11.4 Å². The molecule has 0 spiro atoms. The monoisotopic (exact) mass is 417 g/mol. The summed E-state index contributed by atoms with van der Waals surface area (Å²) in [6.07, 6.45) is 0.487. The van der Waals surface area contributed by atoms with Crippen LogP contribution in [-0.4, -0.2) is 30.8 Å². The van der Waals surface area contributed by atoms with Crippen molar-refractivity contribution >= 4 is 45.0 Å². The van der Waals surface area contributed by atoms with Gasteiger partial charge in [-0.1, -0.05) is 41.9 Å². The Morgan fingerprint density at radius 1 is 1.15 bits per heavy atom. The highest BCUT2D eigenvalue weighted by molar-refractivity contribution is 7.87. The van der Waals surface area contributed by atoms with E-state index in [1.807, 2.05) is 30.3 Å². The molecule has 0 radical (unpaired) electrons. The van der Waals surface area contributed by atoms with Crippen molar-refractivity contribution in [3.63, 3.8) is 0 Å². The summed E-state index contributed by atoms with van der Waals surface area (Å²) in [6.45, 7) is 2.22. The van der Waals surface area contributed by atoms with Gasteiger partial charge in [0.05, 0.1) is 10.8 Å². The smallest absolute Gasteiger partial charge is 0.247 e. The third kappa shape index (κ3) is 3.31. The van der Waals surface area contributed by atoms with Gasteiger partial charge in [0.2, 0.25) is 11.0 Å². The molecule has 1 aliphatic heterocycles. The molecule has 27 heavy (non-hydrogen) atoms. The lowest BCUT2D eigenvalue weighted by Crippen LogP contribution is -2.41. The number of carbonyl (C=O) groups is 1. The quantitative estimate of drug-likeness (QED) is 0.639. The zero-order valence-corrected chi connectivity index (χ0v) is 16.9. The van der Waals surface area contributed by atoms with Crippen molar-refractivity contribution in [1.29, 1.82) is 0 Å². The molecule has 0 aliphatic carbocycles. The van der Waals surface area contributed by atoms with E-state index in [0.717, 1.165) is 5.56 Å². The third-order valence-corrected chi connectivity index (χ3v) is 7.51. The average molecular weight is 418 g/mol. The molecule has 0 saturated carbocycles. The van der Waals surface area contributed by atoms with E-state index in [9.17, 15) is 9.00 Å². The minimum atomic E-state index is -1.48. The van der Waals surface area contributed by atoms with Crippen LogP contribution in [0, 0.1) is 0 Å². The number of nitrogens with zero attached hydrogens (tertiary/aromatic N) is 3. The third-order valence-electron chi connectivity index (χ3n) is 4.63. The summed E-state index contributed by atoms with van der Waals surface area (Å²) in [5, 5.41) is 1.11. The number of aromatic nitrogens is 2. The van der Waals surface area contributed by atoms with Gasteiger partial charge < -0.3 is 0 Å². The first-order valence-electron chi connectivity index (χ1n) is 8.37. The van der Waals surface area contributed by atoms with Crippen molar-refractivity contribution in [3.05, 3.63) is 59.6 Å². The first-order valence-corrected chi connectivity index (χ1v) is 10.7. The van der Waals surface area contributed by atoms with Crippen LogP contribution in [0.2, 0.25) is 5.02 Å². The Hall–Kier alpha value is -2.09. The number of hydrogen-bond donors (Lipinski definition) is 0. The molecule has 5 nitrogen and oxygen atoms in total. The Bertz CT molecular complexity index is 1010. The zero-order chi connectivity index (χ0) is 19.0. The number of amides is 1. The predicted molar refractivity (Wildman–Crippen MR) is 109 cm³/mol. The Balaban J connectivity index is 1.59. The number of hydrogen-bond acceptors (Lipinski definition) is 5. The Morgan fingerprint density at radius 3 is 2.56 bits per heavy atom. The van der Waals surface area contributed by atoms with Gasteiger partial charge in [0, 0.05) is 33.6 Å². The minimum Gasteiger partial charge on any atom is -0.286 e. The summed E-state index contributed by atoms with van der Waals surface area (Å²) < 4.78 is 16.5. The number of carbonyl (C=O) groups excluding carboxylic acids is 1. The van der Waals surface area contributed by atoms with Crippen LogP contribution in [-0.2, 0) is 15.6 Å². The van der Waals surface area contributed by atoms with E-state index in [4.69, 9.17) is 11.6 Å². The predicted octanol–water partition coefficient (Wildman–Crippen LogP) is 4.16.